The molecule has 0 saturated heterocycles. The summed E-state index contributed by atoms with van der Waals surface area (Å²) in [5.74, 6) is 0.646. The lowest BCUT2D eigenvalue weighted by molar-refractivity contribution is -0.122. The summed E-state index contributed by atoms with van der Waals surface area (Å²) in [5, 5.41) is 0. The maximum absolute atomic E-state index is 12.5. The quantitative estimate of drug-likeness (QED) is 0.794. The minimum absolute atomic E-state index is 0.0316. The van der Waals surface area contributed by atoms with Gasteiger partial charge in [-0.15, -0.1) is 0 Å². The highest BCUT2D eigenvalue weighted by Gasteiger charge is 2.32. The van der Waals surface area contributed by atoms with Gasteiger partial charge in [-0.2, -0.15) is 0 Å². The number of anilines is 1. The van der Waals surface area contributed by atoms with Gasteiger partial charge in [0.15, 0.2) is 6.61 Å². The summed E-state index contributed by atoms with van der Waals surface area (Å²) < 4.78 is 16.5. The number of fused-ring (bicyclic) bond motifs is 2. The molecule has 7 heteroatoms. The molecule has 154 valence electrons. The van der Waals surface area contributed by atoms with Crippen LogP contribution in [0.3, 0.4) is 0 Å². The van der Waals surface area contributed by atoms with Crippen LogP contribution in [0.25, 0.3) is 0 Å². The number of benzene rings is 1. The molecule has 3 rings (SSSR count). The molecule has 0 aliphatic carbocycles. The Hall–Kier alpha value is -2.28. The molecule has 0 saturated carbocycles. The van der Waals surface area contributed by atoms with Crippen molar-refractivity contribution in [1.82, 2.24) is 4.90 Å². The Morgan fingerprint density at radius 2 is 1.86 bits per heavy atom. The molecule has 0 bridgehead atoms. The number of rotatable bonds is 3. The molecule has 2 amide bonds. The Morgan fingerprint density at radius 3 is 2.46 bits per heavy atom. The van der Waals surface area contributed by atoms with E-state index < -0.39 is 5.60 Å². The third kappa shape index (κ3) is 4.41. The van der Waals surface area contributed by atoms with Crippen molar-refractivity contribution in [3.05, 3.63) is 23.3 Å². The SMILES string of the molecule is COCC(C)N1C(=O)COc2cc3c(cc21)CCN(C(=O)OC(C)(C)C)CC3. The molecule has 2 aliphatic heterocycles. The largest absolute Gasteiger partial charge is 0.482 e. The minimum Gasteiger partial charge on any atom is -0.482 e. The summed E-state index contributed by atoms with van der Waals surface area (Å²) in [7, 11) is 1.63. The molecule has 0 radical (unpaired) electrons. The third-order valence-electron chi connectivity index (χ3n) is 4.96. The number of carbonyl (C=O) groups excluding carboxylic acids is 2. The van der Waals surface area contributed by atoms with E-state index >= 15 is 0 Å². The number of methoxy groups -OCH3 is 1. The maximum atomic E-state index is 12.5. The van der Waals surface area contributed by atoms with Gasteiger partial charge in [-0.1, -0.05) is 0 Å². The zero-order valence-electron chi connectivity index (χ0n) is 17.4. The molecular formula is C21H30N2O5. The van der Waals surface area contributed by atoms with Gasteiger partial charge in [0.2, 0.25) is 0 Å². The van der Waals surface area contributed by atoms with Crippen LogP contribution in [0.1, 0.15) is 38.8 Å². The number of ether oxygens (including phenoxy) is 3. The van der Waals surface area contributed by atoms with Gasteiger partial charge in [0, 0.05) is 20.2 Å². The maximum Gasteiger partial charge on any atom is 0.410 e. The predicted molar refractivity (Wildman–Crippen MR) is 106 cm³/mol. The summed E-state index contributed by atoms with van der Waals surface area (Å²) in [4.78, 5) is 28.4. The average Bonchev–Trinajstić information content (AvgIpc) is 2.80. The first kappa shape index (κ1) is 20.5. The molecule has 0 aromatic heterocycles. The zero-order valence-corrected chi connectivity index (χ0v) is 17.4. The first-order valence-electron chi connectivity index (χ1n) is 9.77. The van der Waals surface area contributed by atoms with E-state index in [2.05, 4.69) is 0 Å². The molecule has 1 aromatic carbocycles. The highest BCUT2D eigenvalue weighted by atomic mass is 16.6. The van der Waals surface area contributed by atoms with E-state index in [9.17, 15) is 9.59 Å². The first-order chi connectivity index (χ1) is 13.2. The van der Waals surface area contributed by atoms with Crippen LogP contribution in [0.2, 0.25) is 0 Å². The molecule has 28 heavy (non-hydrogen) atoms. The van der Waals surface area contributed by atoms with Crippen molar-refractivity contribution in [3.63, 3.8) is 0 Å². The summed E-state index contributed by atoms with van der Waals surface area (Å²) >= 11 is 0. The van der Waals surface area contributed by atoms with Gasteiger partial charge in [-0.05, 0) is 63.8 Å². The number of hydrogen-bond donors (Lipinski definition) is 0. The molecule has 7 nitrogen and oxygen atoms in total. The van der Waals surface area contributed by atoms with Crippen molar-refractivity contribution in [3.8, 4) is 5.75 Å². The molecule has 1 atom stereocenters. The fraction of sp³-hybridized carbons (Fsp3) is 0.619. The van der Waals surface area contributed by atoms with Crippen molar-refractivity contribution in [2.24, 2.45) is 0 Å². The van der Waals surface area contributed by atoms with E-state index in [-0.39, 0.29) is 24.6 Å². The fourth-order valence-electron chi connectivity index (χ4n) is 3.70. The summed E-state index contributed by atoms with van der Waals surface area (Å²) in [5.41, 5.74) is 2.56. The van der Waals surface area contributed by atoms with Gasteiger partial charge in [0.05, 0.1) is 18.3 Å². The van der Waals surface area contributed by atoms with Crippen LogP contribution in [0.5, 0.6) is 5.75 Å². The second-order valence-electron chi connectivity index (χ2n) is 8.41. The van der Waals surface area contributed by atoms with Crippen LogP contribution in [0.15, 0.2) is 12.1 Å². The smallest absolute Gasteiger partial charge is 0.410 e. The van der Waals surface area contributed by atoms with Crippen LogP contribution in [-0.2, 0) is 27.1 Å². The van der Waals surface area contributed by atoms with Crippen molar-refractivity contribution in [2.45, 2.75) is 52.2 Å². The standard InChI is InChI=1S/C21H30N2O5/c1-14(12-26-5)23-17-10-15-6-8-22(20(25)28-21(2,3)4)9-7-16(15)11-18(17)27-13-19(23)24/h10-11,14H,6-9,12-13H2,1-5H3. The van der Waals surface area contributed by atoms with Crippen LogP contribution in [0.4, 0.5) is 10.5 Å². The normalized spacial score (nSPS) is 18.0. The molecule has 0 spiro atoms. The second-order valence-corrected chi connectivity index (χ2v) is 8.41. The Kier molecular flexibility index (Phi) is 5.84. The lowest BCUT2D eigenvalue weighted by atomic mass is 10.00. The average molecular weight is 390 g/mol. The number of hydrogen-bond acceptors (Lipinski definition) is 5. The van der Waals surface area contributed by atoms with Gasteiger partial charge >= 0.3 is 6.09 Å². The first-order valence-corrected chi connectivity index (χ1v) is 9.77. The predicted octanol–water partition coefficient (Wildman–Crippen LogP) is 2.78. The summed E-state index contributed by atoms with van der Waals surface area (Å²) in [6.07, 6.45) is 1.15. The van der Waals surface area contributed by atoms with E-state index in [1.54, 1.807) is 16.9 Å². The van der Waals surface area contributed by atoms with Gasteiger partial charge in [-0.3, -0.25) is 4.79 Å². The van der Waals surface area contributed by atoms with Crippen LogP contribution in [0, 0.1) is 0 Å². The van der Waals surface area contributed by atoms with E-state index in [4.69, 9.17) is 14.2 Å². The molecular weight excluding hydrogens is 360 g/mol. The summed E-state index contributed by atoms with van der Waals surface area (Å²) in [6.45, 7) is 9.25. The van der Waals surface area contributed by atoms with E-state index in [0.29, 0.717) is 31.9 Å². The molecule has 2 heterocycles. The summed E-state index contributed by atoms with van der Waals surface area (Å²) in [6, 6.07) is 3.97. The molecule has 1 aromatic rings. The molecule has 2 aliphatic rings. The van der Waals surface area contributed by atoms with Gasteiger partial charge in [0.1, 0.15) is 11.4 Å². The topological polar surface area (TPSA) is 68.3 Å². The van der Waals surface area contributed by atoms with Gasteiger partial charge in [0.25, 0.3) is 5.91 Å². The van der Waals surface area contributed by atoms with Crippen molar-refractivity contribution >= 4 is 17.7 Å². The molecule has 0 fully saturated rings. The Bertz CT molecular complexity index is 756. The Labute approximate surface area is 166 Å². The van der Waals surface area contributed by atoms with Crippen molar-refractivity contribution in [1.29, 1.82) is 0 Å². The second kappa shape index (κ2) is 7.99. The molecule has 1 unspecified atom stereocenters. The van der Waals surface area contributed by atoms with Gasteiger partial charge in [-0.25, -0.2) is 4.79 Å². The van der Waals surface area contributed by atoms with Crippen molar-refractivity contribution < 1.29 is 23.8 Å². The number of nitrogens with zero attached hydrogens (tertiary/aromatic N) is 2. The van der Waals surface area contributed by atoms with Crippen molar-refractivity contribution in [2.75, 3.05) is 38.3 Å². The van der Waals surface area contributed by atoms with E-state index in [0.717, 1.165) is 23.2 Å². The highest BCUT2D eigenvalue weighted by molar-refractivity contribution is 5.98. The van der Waals surface area contributed by atoms with Crippen LogP contribution >= 0.6 is 0 Å². The van der Waals surface area contributed by atoms with E-state index in [1.807, 2.05) is 39.8 Å². The minimum atomic E-state index is -0.512. The lowest BCUT2D eigenvalue weighted by Gasteiger charge is -2.34. The van der Waals surface area contributed by atoms with Crippen LogP contribution in [-0.4, -0.2) is 62.0 Å². The number of carbonyl (C=O) groups is 2. The van der Waals surface area contributed by atoms with Gasteiger partial charge < -0.3 is 24.0 Å². The van der Waals surface area contributed by atoms with Crippen LogP contribution < -0.4 is 9.64 Å². The monoisotopic (exact) mass is 390 g/mol. The molecule has 0 N–H and O–H groups in total. The fourth-order valence-corrected chi connectivity index (χ4v) is 3.70. The third-order valence-corrected chi connectivity index (χ3v) is 4.96. The Morgan fingerprint density at radius 1 is 1.21 bits per heavy atom. The number of amides is 2. The Balaban J connectivity index is 1.83. The lowest BCUT2D eigenvalue weighted by Crippen LogP contribution is -2.46. The highest BCUT2D eigenvalue weighted by Crippen LogP contribution is 2.37. The zero-order chi connectivity index (χ0) is 20.5. The van der Waals surface area contributed by atoms with E-state index in [1.165, 1.54) is 0 Å².